The molecule has 0 saturated carbocycles. The molecular formula is C20H16F2N4O. The highest BCUT2D eigenvalue weighted by molar-refractivity contribution is 6.04. The predicted molar refractivity (Wildman–Crippen MR) is 97.5 cm³/mol. The number of nitrogens with zero attached hydrogens (tertiary/aromatic N) is 3. The average Bonchev–Trinajstić information content (AvgIpc) is 2.70. The highest BCUT2D eigenvalue weighted by Gasteiger charge is 2.19. The number of anilines is 2. The van der Waals surface area contributed by atoms with Crippen molar-refractivity contribution >= 4 is 17.5 Å². The van der Waals surface area contributed by atoms with Crippen LogP contribution >= 0.6 is 0 Å². The number of carbonyl (C=O) groups excluding carboxylic acids is 1. The molecule has 2 heterocycles. The third-order valence-electron chi connectivity index (χ3n) is 4.52. The van der Waals surface area contributed by atoms with Crippen LogP contribution in [0.2, 0.25) is 0 Å². The molecule has 1 aliphatic heterocycles. The summed E-state index contributed by atoms with van der Waals surface area (Å²) in [4.78, 5) is 22.8. The normalized spacial score (nSPS) is 13.2. The molecule has 0 bridgehead atoms. The van der Waals surface area contributed by atoms with Gasteiger partial charge in [0.05, 0.1) is 5.56 Å². The number of halogens is 2. The van der Waals surface area contributed by atoms with Crippen molar-refractivity contribution in [2.75, 3.05) is 16.8 Å². The number of amides is 1. The lowest BCUT2D eigenvalue weighted by atomic mass is 10.0. The molecule has 0 atom stereocenters. The number of rotatable bonds is 3. The number of hydrogen-bond acceptors (Lipinski definition) is 4. The van der Waals surface area contributed by atoms with E-state index in [-0.39, 0.29) is 5.56 Å². The fourth-order valence-electron chi connectivity index (χ4n) is 3.07. The quantitative estimate of drug-likeness (QED) is 0.770. The van der Waals surface area contributed by atoms with Gasteiger partial charge < -0.3 is 10.2 Å². The Balaban J connectivity index is 1.49. The first-order chi connectivity index (χ1) is 13.1. The summed E-state index contributed by atoms with van der Waals surface area (Å²) in [6.07, 6.45) is 3.61. The second-order valence-electron chi connectivity index (χ2n) is 6.26. The molecule has 3 aromatic rings. The third kappa shape index (κ3) is 3.48. The lowest BCUT2D eigenvalue weighted by Crippen LogP contribution is -2.31. The Morgan fingerprint density at radius 1 is 0.963 bits per heavy atom. The molecule has 0 radical (unpaired) electrons. The minimum absolute atomic E-state index is 0.124. The number of benzene rings is 2. The molecule has 1 aromatic heterocycles. The van der Waals surface area contributed by atoms with E-state index in [2.05, 4.69) is 27.4 Å². The van der Waals surface area contributed by atoms with Gasteiger partial charge in [0.25, 0.3) is 5.91 Å². The summed E-state index contributed by atoms with van der Waals surface area (Å²) < 4.78 is 27.3. The van der Waals surface area contributed by atoms with Crippen molar-refractivity contribution in [3.63, 3.8) is 0 Å². The minimum Gasteiger partial charge on any atom is -0.336 e. The fraction of sp³-hybridized carbons (Fsp3) is 0.150. The Bertz CT molecular complexity index is 971. The van der Waals surface area contributed by atoms with E-state index in [9.17, 15) is 13.6 Å². The SMILES string of the molecule is O=C(Nc1c(F)cccc1F)c1cnc(N2CCc3ccccc3C2)nc1. The number of fused-ring (bicyclic) bond motifs is 1. The van der Waals surface area contributed by atoms with E-state index in [1.54, 1.807) is 0 Å². The standard InChI is InChI=1S/C20H16F2N4O/c21-16-6-3-7-17(22)18(16)25-19(27)15-10-23-20(24-11-15)26-9-8-13-4-1-2-5-14(13)12-26/h1-7,10-11H,8-9,12H2,(H,25,27). The predicted octanol–water partition coefficient (Wildman–Crippen LogP) is 3.57. The molecular weight excluding hydrogens is 350 g/mol. The van der Waals surface area contributed by atoms with E-state index in [0.29, 0.717) is 12.5 Å². The Hall–Kier alpha value is -3.35. The lowest BCUT2D eigenvalue weighted by molar-refractivity contribution is 0.102. The summed E-state index contributed by atoms with van der Waals surface area (Å²) in [6, 6.07) is 11.6. The van der Waals surface area contributed by atoms with E-state index < -0.39 is 23.2 Å². The molecule has 1 N–H and O–H groups in total. The monoisotopic (exact) mass is 366 g/mol. The molecule has 2 aromatic carbocycles. The highest BCUT2D eigenvalue weighted by Crippen LogP contribution is 2.22. The first-order valence-electron chi connectivity index (χ1n) is 8.51. The van der Waals surface area contributed by atoms with Crippen LogP contribution in [0.4, 0.5) is 20.4 Å². The maximum Gasteiger partial charge on any atom is 0.258 e. The number of para-hydroxylation sites is 1. The molecule has 1 amide bonds. The van der Waals surface area contributed by atoms with Gasteiger partial charge in [0.15, 0.2) is 0 Å². The second kappa shape index (κ2) is 7.11. The molecule has 1 aliphatic rings. The van der Waals surface area contributed by atoms with Gasteiger partial charge in [-0.3, -0.25) is 4.79 Å². The van der Waals surface area contributed by atoms with Crippen LogP contribution in [0.3, 0.4) is 0 Å². The zero-order chi connectivity index (χ0) is 18.8. The van der Waals surface area contributed by atoms with Gasteiger partial charge in [-0.05, 0) is 29.7 Å². The van der Waals surface area contributed by atoms with Gasteiger partial charge in [0.1, 0.15) is 17.3 Å². The van der Waals surface area contributed by atoms with Crippen molar-refractivity contribution in [1.82, 2.24) is 9.97 Å². The Labute approximate surface area is 154 Å². The molecule has 136 valence electrons. The number of hydrogen-bond donors (Lipinski definition) is 1. The molecule has 7 heteroatoms. The summed E-state index contributed by atoms with van der Waals surface area (Å²) in [6.45, 7) is 1.48. The van der Waals surface area contributed by atoms with Crippen LogP contribution in [-0.2, 0) is 13.0 Å². The number of nitrogens with one attached hydrogen (secondary N) is 1. The van der Waals surface area contributed by atoms with Gasteiger partial charge in [-0.25, -0.2) is 18.7 Å². The van der Waals surface area contributed by atoms with Gasteiger partial charge in [0, 0.05) is 25.5 Å². The Kier molecular flexibility index (Phi) is 4.50. The van der Waals surface area contributed by atoms with E-state index in [0.717, 1.165) is 25.1 Å². The Morgan fingerprint density at radius 3 is 2.33 bits per heavy atom. The van der Waals surface area contributed by atoms with Crippen LogP contribution in [0, 0.1) is 11.6 Å². The third-order valence-corrected chi connectivity index (χ3v) is 4.52. The molecule has 0 saturated heterocycles. The van der Waals surface area contributed by atoms with E-state index in [1.165, 1.54) is 29.6 Å². The zero-order valence-electron chi connectivity index (χ0n) is 14.3. The lowest BCUT2D eigenvalue weighted by Gasteiger charge is -2.28. The molecule has 0 aliphatic carbocycles. The first-order valence-corrected chi connectivity index (χ1v) is 8.51. The minimum atomic E-state index is -0.840. The topological polar surface area (TPSA) is 58.1 Å². The smallest absolute Gasteiger partial charge is 0.258 e. The molecule has 0 unspecified atom stereocenters. The van der Waals surface area contributed by atoms with Gasteiger partial charge in [-0.1, -0.05) is 30.3 Å². The van der Waals surface area contributed by atoms with Gasteiger partial charge in [-0.2, -0.15) is 0 Å². The molecule has 5 nitrogen and oxygen atoms in total. The van der Waals surface area contributed by atoms with Crippen molar-refractivity contribution in [2.45, 2.75) is 13.0 Å². The summed E-state index contributed by atoms with van der Waals surface area (Å²) in [5.74, 6) is -1.84. The van der Waals surface area contributed by atoms with E-state index >= 15 is 0 Å². The number of carbonyl (C=O) groups is 1. The highest BCUT2D eigenvalue weighted by atomic mass is 19.1. The average molecular weight is 366 g/mol. The van der Waals surface area contributed by atoms with Crippen LogP contribution in [0.25, 0.3) is 0 Å². The first kappa shape index (κ1) is 17.1. The van der Waals surface area contributed by atoms with Crippen molar-refractivity contribution in [2.24, 2.45) is 0 Å². The van der Waals surface area contributed by atoms with Gasteiger partial charge in [-0.15, -0.1) is 0 Å². The van der Waals surface area contributed by atoms with E-state index in [1.807, 2.05) is 17.0 Å². The van der Waals surface area contributed by atoms with Crippen molar-refractivity contribution in [3.05, 3.63) is 83.2 Å². The van der Waals surface area contributed by atoms with Crippen LogP contribution in [0.15, 0.2) is 54.9 Å². The molecule has 0 fully saturated rings. The molecule has 27 heavy (non-hydrogen) atoms. The zero-order valence-corrected chi connectivity index (χ0v) is 14.3. The summed E-state index contributed by atoms with van der Waals surface area (Å²) in [7, 11) is 0. The summed E-state index contributed by atoms with van der Waals surface area (Å²) in [5.41, 5.74) is 2.18. The maximum atomic E-state index is 13.7. The second-order valence-corrected chi connectivity index (χ2v) is 6.26. The van der Waals surface area contributed by atoms with Crippen molar-refractivity contribution < 1.29 is 13.6 Å². The van der Waals surface area contributed by atoms with Crippen LogP contribution < -0.4 is 10.2 Å². The summed E-state index contributed by atoms with van der Waals surface area (Å²) in [5, 5.41) is 2.22. The van der Waals surface area contributed by atoms with Crippen LogP contribution in [0.5, 0.6) is 0 Å². The largest absolute Gasteiger partial charge is 0.336 e. The van der Waals surface area contributed by atoms with Gasteiger partial charge >= 0.3 is 0 Å². The molecule has 0 spiro atoms. The Morgan fingerprint density at radius 2 is 1.63 bits per heavy atom. The van der Waals surface area contributed by atoms with Crippen LogP contribution in [-0.4, -0.2) is 22.4 Å². The van der Waals surface area contributed by atoms with E-state index in [4.69, 9.17) is 0 Å². The van der Waals surface area contributed by atoms with Crippen molar-refractivity contribution in [1.29, 1.82) is 0 Å². The summed E-state index contributed by atoms with van der Waals surface area (Å²) >= 11 is 0. The van der Waals surface area contributed by atoms with Crippen LogP contribution in [0.1, 0.15) is 21.5 Å². The molecule has 4 rings (SSSR count). The maximum absolute atomic E-state index is 13.7. The fourth-order valence-corrected chi connectivity index (χ4v) is 3.07. The van der Waals surface area contributed by atoms with Gasteiger partial charge in [0.2, 0.25) is 5.95 Å². The van der Waals surface area contributed by atoms with Crippen molar-refractivity contribution in [3.8, 4) is 0 Å². The number of aromatic nitrogens is 2.